The number of hydrogen-bond donors (Lipinski definition) is 0. The van der Waals surface area contributed by atoms with Crippen molar-refractivity contribution in [1.29, 1.82) is 0 Å². The Hall–Kier alpha value is -3.99. The van der Waals surface area contributed by atoms with Gasteiger partial charge in [0.05, 0.1) is 19.1 Å². The van der Waals surface area contributed by atoms with Crippen LogP contribution in [-0.4, -0.2) is 50.4 Å². The van der Waals surface area contributed by atoms with Crippen LogP contribution in [0.4, 0.5) is 19.0 Å². The zero-order valence-corrected chi connectivity index (χ0v) is 23.3. The van der Waals surface area contributed by atoms with Crippen molar-refractivity contribution in [3.63, 3.8) is 0 Å². The Morgan fingerprint density at radius 1 is 1.07 bits per heavy atom. The zero-order valence-electron chi connectivity index (χ0n) is 22.5. The Morgan fingerprint density at radius 3 is 2.55 bits per heavy atom. The largest absolute Gasteiger partial charge is 0.305 e. The number of carbonyl (C=O) groups excluding carboxylic acids is 1. The number of nitrogens with zero attached hydrogens (tertiary/aromatic N) is 6. The number of anilines is 1. The van der Waals surface area contributed by atoms with Gasteiger partial charge in [-0.2, -0.15) is 0 Å². The molecule has 4 heterocycles. The van der Waals surface area contributed by atoms with E-state index >= 15 is 0 Å². The minimum atomic E-state index is -0.709. The number of hydrogen-bond acceptors (Lipinski definition) is 6. The summed E-state index contributed by atoms with van der Waals surface area (Å²) in [5.74, 6) is -0.529. The van der Waals surface area contributed by atoms with Crippen LogP contribution in [0.3, 0.4) is 0 Å². The van der Waals surface area contributed by atoms with E-state index in [4.69, 9.17) is 9.98 Å². The van der Waals surface area contributed by atoms with E-state index in [1.54, 1.807) is 21.6 Å². The van der Waals surface area contributed by atoms with Crippen LogP contribution in [0.2, 0.25) is 0 Å². The van der Waals surface area contributed by atoms with E-state index in [0.29, 0.717) is 46.8 Å². The molecule has 2 aliphatic heterocycles. The first-order chi connectivity index (χ1) is 19.2. The number of carbonyl (C=O) groups is 1. The Kier molecular flexibility index (Phi) is 6.48. The highest BCUT2D eigenvalue weighted by Gasteiger charge is 2.44. The van der Waals surface area contributed by atoms with Crippen molar-refractivity contribution in [3.05, 3.63) is 76.2 Å². The molecular formula is C29H27F3N6OS. The highest BCUT2D eigenvalue weighted by Crippen LogP contribution is 2.39. The van der Waals surface area contributed by atoms with Gasteiger partial charge in [0, 0.05) is 40.4 Å². The monoisotopic (exact) mass is 564 g/mol. The minimum absolute atomic E-state index is 0.0254. The first-order valence-corrected chi connectivity index (χ1v) is 14.0. The maximum Gasteiger partial charge on any atom is 0.283 e. The van der Waals surface area contributed by atoms with Crippen molar-refractivity contribution in [2.45, 2.75) is 40.3 Å². The maximum atomic E-state index is 15.0. The Bertz CT molecular complexity index is 1680. The van der Waals surface area contributed by atoms with E-state index in [-0.39, 0.29) is 35.7 Å². The van der Waals surface area contributed by atoms with Gasteiger partial charge in [-0.3, -0.25) is 14.6 Å². The van der Waals surface area contributed by atoms with Gasteiger partial charge in [-0.05, 0) is 44.0 Å². The van der Waals surface area contributed by atoms with E-state index in [9.17, 15) is 18.0 Å². The number of amides is 1. The van der Waals surface area contributed by atoms with Gasteiger partial charge < -0.3 is 4.57 Å². The van der Waals surface area contributed by atoms with Gasteiger partial charge in [-0.1, -0.05) is 19.9 Å². The standard InChI is InChI=1S/C29H27F3N6OS/c1-5-36-28(39)24-27(38-13-23(15(2)3)34-29(36)38)37(12-18-6-8-19(30)11-22(18)32)25(35-24)17-7-9-21(31)20(10-17)26-33-16(4)14-40-26/h6-11,14-15,23H,5,12-13H2,1-4H3/t23-/m0/s1. The van der Waals surface area contributed by atoms with Gasteiger partial charge >= 0.3 is 0 Å². The lowest BCUT2D eigenvalue weighted by molar-refractivity contribution is 0.0841. The van der Waals surface area contributed by atoms with Gasteiger partial charge in [0.15, 0.2) is 5.69 Å². The normalized spacial score (nSPS) is 16.6. The van der Waals surface area contributed by atoms with E-state index in [2.05, 4.69) is 18.8 Å². The average molecular weight is 565 g/mol. The van der Waals surface area contributed by atoms with Gasteiger partial charge in [0.25, 0.3) is 5.91 Å². The second-order valence-corrected chi connectivity index (χ2v) is 11.2. The SMILES string of the molecule is CCN1C(=O)c2nc(-c3ccc(F)c(-c4nc(C)cs4)c3)n(Cc3ccc(F)cc3F)c2N2C[C@@H](C(C)C)N=C12. The van der Waals surface area contributed by atoms with Crippen LogP contribution in [0.25, 0.3) is 22.0 Å². The summed E-state index contributed by atoms with van der Waals surface area (Å²) in [4.78, 5) is 31.4. The molecule has 0 saturated carbocycles. The third-order valence-electron chi connectivity index (χ3n) is 7.28. The van der Waals surface area contributed by atoms with E-state index < -0.39 is 17.5 Å². The van der Waals surface area contributed by atoms with Crippen molar-refractivity contribution < 1.29 is 18.0 Å². The third-order valence-corrected chi connectivity index (χ3v) is 8.27. The molecular weight excluding hydrogens is 537 g/mol. The molecule has 2 aromatic heterocycles. The van der Waals surface area contributed by atoms with Crippen molar-refractivity contribution in [2.24, 2.45) is 10.9 Å². The summed E-state index contributed by atoms with van der Waals surface area (Å²) >= 11 is 1.33. The summed E-state index contributed by atoms with van der Waals surface area (Å²) in [6.07, 6.45) is 0. The summed E-state index contributed by atoms with van der Waals surface area (Å²) in [5.41, 5.74) is 2.05. The number of imidazole rings is 1. The molecule has 1 atom stereocenters. The van der Waals surface area contributed by atoms with Crippen LogP contribution in [-0.2, 0) is 6.54 Å². The molecule has 4 aromatic rings. The highest BCUT2D eigenvalue weighted by atomic mass is 32.1. The average Bonchev–Trinajstić information content (AvgIpc) is 3.64. The third kappa shape index (κ3) is 4.28. The molecule has 0 aliphatic carbocycles. The number of aryl methyl sites for hydroxylation is 1. The van der Waals surface area contributed by atoms with Crippen LogP contribution in [0.15, 0.2) is 46.8 Å². The fourth-order valence-corrected chi connectivity index (χ4v) is 5.96. The number of fused-ring (bicyclic) bond motifs is 3. The lowest BCUT2D eigenvalue weighted by atomic mass is 10.1. The molecule has 7 nitrogen and oxygen atoms in total. The molecule has 11 heteroatoms. The molecule has 0 bridgehead atoms. The summed E-state index contributed by atoms with van der Waals surface area (Å²) in [7, 11) is 0. The van der Waals surface area contributed by atoms with Crippen molar-refractivity contribution in [3.8, 4) is 22.0 Å². The second-order valence-electron chi connectivity index (χ2n) is 10.3. The number of benzene rings is 2. The Labute approximate surface area is 233 Å². The molecule has 6 rings (SSSR count). The molecule has 0 fully saturated rings. The predicted molar refractivity (Wildman–Crippen MR) is 149 cm³/mol. The van der Waals surface area contributed by atoms with E-state index in [1.807, 2.05) is 24.1 Å². The lowest BCUT2D eigenvalue weighted by Crippen LogP contribution is -2.50. The summed E-state index contributed by atoms with van der Waals surface area (Å²) < 4.78 is 45.4. The summed E-state index contributed by atoms with van der Waals surface area (Å²) in [6, 6.07) is 7.94. The molecule has 0 spiro atoms. The quantitative estimate of drug-likeness (QED) is 0.283. The topological polar surface area (TPSA) is 66.6 Å². The number of guanidine groups is 1. The fourth-order valence-electron chi connectivity index (χ4n) is 5.15. The number of halogens is 3. The minimum Gasteiger partial charge on any atom is -0.305 e. The van der Waals surface area contributed by atoms with Gasteiger partial charge in [-0.25, -0.2) is 28.1 Å². The molecule has 1 amide bonds. The van der Waals surface area contributed by atoms with Gasteiger partial charge in [0.1, 0.15) is 34.1 Å². The van der Waals surface area contributed by atoms with Gasteiger partial charge in [0.2, 0.25) is 5.96 Å². The Balaban J connectivity index is 1.57. The molecule has 2 aromatic carbocycles. The van der Waals surface area contributed by atoms with E-state index in [1.165, 1.54) is 29.5 Å². The molecule has 40 heavy (non-hydrogen) atoms. The van der Waals surface area contributed by atoms with Crippen LogP contribution < -0.4 is 4.90 Å². The van der Waals surface area contributed by atoms with Crippen molar-refractivity contribution in [1.82, 2.24) is 19.4 Å². The molecule has 2 aliphatic rings. The maximum absolute atomic E-state index is 15.0. The van der Waals surface area contributed by atoms with Crippen LogP contribution >= 0.6 is 11.3 Å². The van der Waals surface area contributed by atoms with E-state index in [0.717, 1.165) is 11.8 Å². The molecule has 0 unspecified atom stereocenters. The van der Waals surface area contributed by atoms with Crippen molar-refractivity contribution in [2.75, 3.05) is 18.0 Å². The smallest absolute Gasteiger partial charge is 0.283 e. The first-order valence-electron chi connectivity index (χ1n) is 13.1. The fraction of sp³-hybridized carbons (Fsp3) is 0.310. The first kappa shape index (κ1) is 26.2. The van der Waals surface area contributed by atoms with Crippen LogP contribution in [0.5, 0.6) is 0 Å². The van der Waals surface area contributed by atoms with Crippen LogP contribution in [0.1, 0.15) is 42.5 Å². The van der Waals surface area contributed by atoms with Crippen LogP contribution in [0, 0.1) is 30.3 Å². The lowest BCUT2D eigenvalue weighted by Gasteiger charge is -2.33. The predicted octanol–water partition coefficient (Wildman–Crippen LogP) is 6.12. The zero-order chi connectivity index (χ0) is 28.3. The van der Waals surface area contributed by atoms with Gasteiger partial charge in [-0.15, -0.1) is 11.3 Å². The highest BCUT2D eigenvalue weighted by molar-refractivity contribution is 7.13. The second kappa shape index (κ2) is 9.88. The molecule has 0 radical (unpaired) electrons. The van der Waals surface area contributed by atoms with Crippen molar-refractivity contribution >= 4 is 29.0 Å². The number of aromatic nitrogens is 3. The Morgan fingerprint density at radius 2 is 1.88 bits per heavy atom. The molecule has 206 valence electrons. The molecule has 0 saturated heterocycles. The summed E-state index contributed by atoms with van der Waals surface area (Å²) in [6.45, 7) is 8.75. The number of rotatable bonds is 6. The number of thiazole rings is 1. The number of aliphatic imine (C=N–C) groups is 1. The molecule has 0 N–H and O–H groups in total. The summed E-state index contributed by atoms with van der Waals surface area (Å²) in [5, 5.41) is 2.36.